The summed E-state index contributed by atoms with van der Waals surface area (Å²) in [5, 5.41) is 10.5. The van der Waals surface area contributed by atoms with E-state index in [4.69, 9.17) is 16.3 Å². The maximum atomic E-state index is 11.9. The summed E-state index contributed by atoms with van der Waals surface area (Å²) in [5.74, 6) is -0.895. The van der Waals surface area contributed by atoms with E-state index < -0.39 is 5.97 Å². The van der Waals surface area contributed by atoms with Crippen LogP contribution in [0.3, 0.4) is 0 Å². The Hall–Kier alpha value is -2.37. The van der Waals surface area contributed by atoms with E-state index in [9.17, 15) is 9.90 Å². The van der Waals surface area contributed by atoms with E-state index in [1.807, 2.05) is 24.3 Å². The highest BCUT2D eigenvalue weighted by atomic mass is 35.5. The fraction of sp³-hybridized carbons (Fsp3) is 0.364. The molecular weight excluding hydrogens is 376 g/mol. The van der Waals surface area contributed by atoms with E-state index in [0.717, 1.165) is 25.3 Å². The van der Waals surface area contributed by atoms with Gasteiger partial charge in [-0.2, -0.15) is 0 Å². The topological polar surface area (TPSA) is 62.1 Å². The first-order chi connectivity index (χ1) is 13.3. The summed E-state index contributed by atoms with van der Waals surface area (Å²) in [6, 6.07) is 10.9. The number of phenolic OH excluding ortho intramolecular Hbond substituents is 1. The number of esters is 1. The minimum Gasteiger partial charge on any atom is -0.504 e. The van der Waals surface area contributed by atoms with Crippen molar-refractivity contribution in [2.75, 3.05) is 13.1 Å². The molecule has 28 heavy (non-hydrogen) atoms. The molecule has 0 spiro atoms. The molecule has 2 rings (SSSR count). The quantitative estimate of drug-likeness (QED) is 0.374. The normalized spacial score (nSPS) is 11.5. The second-order valence-corrected chi connectivity index (χ2v) is 7.24. The smallest absolute Gasteiger partial charge is 0.313 e. The number of phenols is 1. The molecule has 0 fully saturated rings. The van der Waals surface area contributed by atoms with E-state index in [1.54, 1.807) is 19.9 Å². The maximum Gasteiger partial charge on any atom is 0.313 e. The molecule has 0 atom stereocenters. The van der Waals surface area contributed by atoms with Crippen molar-refractivity contribution in [2.24, 2.45) is 10.9 Å². The number of rotatable bonds is 8. The molecule has 0 aliphatic heterocycles. The van der Waals surface area contributed by atoms with Crippen LogP contribution in [0.5, 0.6) is 11.5 Å². The van der Waals surface area contributed by atoms with Crippen LogP contribution in [0, 0.1) is 5.92 Å². The highest BCUT2D eigenvalue weighted by molar-refractivity contribution is 6.31. The van der Waals surface area contributed by atoms with Crippen molar-refractivity contribution in [3.8, 4) is 11.5 Å². The second-order valence-electron chi connectivity index (χ2n) is 6.81. The van der Waals surface area contributed by atoms with Gasteiger partial charge < -0.3 is 9.84 Å². The van der Waals surface area contributed by atoms with Crippen LogP contribution in [0.25, 0.3) is 0 Å². The number of carbonyl (C=O) groups excluding carboxylic acids is 1. The van der Waals surface area contributed by atoms with E-state index in [0.29, 0.717) is 10.6 Å². The number of aliphatic imine (C=N–C) groups is 1. The van der Waals surface area contributed by atoms with Gasteiger partial charge in [0.05, 0.1) is 11.6 Å². The third kappa shape index (κ3) is 6.08. The molecule has 5 nitrogen and oxygen atoms in total. The molecule has 0 unspecified atom stereocenters. The average molecular weight is 403 g/mol. The Morgan fingerprint density at radius 1 is 1.21 bits per heavy atom. The van der Waals surface area contributed by atoms with Crippen LogP contribution in [0.4, 0.5) is 5.69 Å². The summed E-state index contributed by atoms with van der Waals surface area (Å²) in [4.78, 5) is 18.7. The second kappa shape index (κ2) is 10.2. The number of aromatic hydroxyl groups is 1. The Kier molecular flexibility index (Phi) is 8.03. The van der Waals surface area contributed by atoms with Gasteiger partial charge in [0.2, 0.25) is 0 Å². The molecule has 0 aliphatic rings. The summed E-state index contributed by atoms with van der Waals surface area (Å²) >= 11 is 6.03. The molecule has 0 saturated carbocycles. The fourth-order valence-corrected chi connectivity index (χ4v) is 2.78. The van der Waals surface area contributed by atoms with Gasteiger partial charge in [-0.05, 0) is 36.9 Å². The summed E-state index contributed by atoms with van der Waals surface area (Å²) in [7, 11) is 0. The predicted molar refractivity (Wildman–Crippen MR) is 114 cm³/mol. The van der Waals surface area contributed by atoms with Crippen LogP contribution in [-0.4, -0.2) is 35.3 Å². The van der Waals surface area contributed by atoms with Gasteiger partial charge >= 0.3 is 5.97 Å². The van der Waals surface area contributed by atoms with Crippen molar-refractivity contribution in [3.05, 3.63) is 52.5 Å². The van der Waals surface area contributed by atoms with Crippen molar-refractivity contribution in [1.29, 1.82) is 0 Å². The number of ether oxygens (including phenoxy) is 1. The highest BCUT2D eigenvalue weighted by Crippen LogP contribution is 2.33. The Balaban J connectivity index is 2.22. The lowest BCUT2D eigenvalue weighted by molar-refractivity contribution is -0.137. The maximum absolute atomic E-state index is 11.9. The third-order valence-electron chi connectivity index (χ3n) is 4.33. The van der Waals surface area contributed by atoms with Gasteiger partial charge in [-0.25, -0.2) is 0 Å². The van der Waals surface area contributed by atoms with Gasteiger partial charge in [0.1, 0.15) is 0 Å². The molecular formula is C22H27ClN2O3. The zero-order chi connectivity index (χ0) is 20.7. The van der Waals surface area contributed by atoms with Crippen LogP contribution in [0.2, 0.25) is 5.02 Å². The molecule has 1 N–H and O–H groups in total. The summed E-state index contributed by atoms with van der Waals surface area (Å²) in [6.07, 6.45) is 1.54. The van der Waals surface area contributed by atoms with Crippen LogP contribution in [0.1, 0.15) is 38.8 Å². The Bertz CT molecular complexity index is 828. The first-order valence-electron chi connectivity index (χ1n) is 9.43. The molecule has 0 saturated heterocycles. The number of carbonyl (C=O) groups is 1. The van der Waals surface area contributed by atoms with Gasteiger partial charge in [0.25, 0.3) is 0 Å². The predicted octanol–water partition coefficient (Wildman–Crippen LogP) is 5.20. The molecule has 0 radical (unpaired) electrons. The van der Waals surface area contributed by atoms with Crippen LogP contribution < -0.4 is 4.74 Å². The molecule has 2 aromatic rings. The van der Waals surface area contributed by atoms with Crippen molar-refractivity contribution >= 4 is 29.5 Å². The van der Waals surface area contributed by atoms with Crippen molar-refractivity contribution in [3.63, 3.8) is 0 Å². The SMILES string of the molecule is CCN(CC)Cc1ccc(N=Cc2cc(Cl)cc(O)c2OC(=O)C(C)C)cc1. The molecule has 0 aromatic heterocycles. The zero-order valence-corrected chi connectivity index (χ0v) is 17.5. The van der Waals surface area contributed by atoms with Gasteiger partial charge in [0.15, 0.2) is 11.5 Å². The van der Waals surface area contributed by atoms with E-state index in [-0.39, 0.29) is 17.4 Å². The highest BCUT2D eigenvalue weighted by Gasteiger charge is 2.17. The number of hydrogen-bond acceptors (Lipinski definition) is 5. The lowest BCUT2D eigenvalue weighted by atomic mass is 10.1. The largest absolute Gasteiger partial charge is 0.504 e. The summed E-state index contributed by atoms with van der Waals surface area (Å²) < 4.78 is 5.32. The number of nitrogens with zero attached hydrogens (tertiary/aromatic N) is 2. The van der Waals surface area contributed by atoms with Gasteiger partial charge in [-0.3, -0.25) is 14.7 Å². The molecule has 6 heteroatoms. The Morgan fingerprint density at radius 3 is 2.43 bits per heavy atom. The number of hydrogen-bond donors (Lipinski definition) is 1. The monoisotopic (exact) mass is 402 g/mol. The Labute approximate surface area is 171 Å². The van der Waals surface area contributed by atoms with Crippen molar-refractivity contribution in [2.45, 2.75) is 34.2 Å². The first-order valence-corrected chi connectivity index (χ1v) is 9.81. The zero-order valence-electron chi connectivity index (χ0n) is 16.8. The average Bonchev–Trinajstić information content (AvgIpc) is 2.67. The number of benzene rings is 2. The molecule has 0 aliphatic carbocycles. The minimum atomic E-state index is -0.437. The van der Waals surface area contributed by atoms with Crippen molar-refractivity contribution < 1.29 is 14.6 Å². The van der Waals surface area contributed by atoms with Crippen LogP contribution >= 0.6 is 11.6 Å². The minimum absolute atomic E-state index is 0.0602. The standard InChI is InChI=1S/C22H27ClN2O3/c1-5-25(6-2)14-16-7-9-19(10-8-16)24-13-17-11-18(23)12-20(26)21(17)28-22(27)15(3)4/h7-13,15,26H,5-6,14H2,1-4H3. The fourth-order valence-electron chi connectivity index (χ4n) is 2.56. The molecule has 150 valence electrons. The number of halogens is 1. The summed E-state index contributed by atoms with van der Waals surface area (Å²) in [5.41, 5.74) is 2.41. The van der Waals surface area contributed by atoms with Gasteiger partial charge in [-0.1, -0.05) is 51.4 Å². The summed E-state index contributed by atoms with van der Waals surface area (Å²) in [6.45, 7) is 10.7. The van der Waals surface area contributed by atoms with Crippen molar-refractivity contribution in [1.82, 2.24) is 4.90 Å². The van der Waals surface area contributed by atoms with Gasteiger partial charge in [-0.15, -0.1) is 0 Å². The van der Waals surface area contributed by atoms with E-state index in [1.165, 1.54) is 17.8 Å². The van der Waals surface area contributed by atoms with E-state index >= 15 is 0 Å². The molecule has 0 heterocycles. The van der Waals surface area contributed by atoms with Gasteiger partial charge in [0, 0.05) is 29.4 Å². The Morgan fingerprint density at radius 2 is 1.86 bits per heavy atom. The van der Waals surface area contributed by atoms with Crippen LogP contribution in [0.15, 0.2) is 41.4 Å². The molecule has 0 bridgehead atoms. The molecule has 2 aromatic carbocycles. The first kappa shape index (κ1) is 21.9. The third-order valence-corrected chi connectivity index (χ3v) is 4.54. The lowest BCUT2D eigenvalue weighted by Gasteiger charge is -2.17. The lowest BCUT2D eigenvalue weighted by Crippen LogP contribution is -2.21. The molecule has 0 amide bonds. The van der Waals surface area contributed by atoms with E-state index in [2.05, 4.69) is 23.7 Å². The van der Waals surface area contributed by atoms with Crippen LogP contribution in [-0.2, 0) is 11.3 Å².